The largest absolute Gasteiger partial charge is 0.385 e. The van der Waals surface area contributed by atoms with Gasteiger partial charge in [-0.2, -0.15) is 0 Å². The van der Waals surface area contributed by atoms with Gasteiger partial charge in [0.1, 0.15) is 0 Å². The molecule has 160 valence electrons. The first-order valence-corrected chi connectivity index (χ1v) is 11.6. The maximum absolute atomic E-state index is 6.37. The molecule has 5 nitrogen and oxygen atoms in total. The van der Waals surface area contributed by atoms with Crippen molar-refractivity contribution in [2.75, 3.05) is 19.7 Å². The lowest BCUT2D eigenvalue weighted by Crippen LogP contribution is -2.50. The third-order valence-corrected chi connectivity index (χ3v) is 7.05. The van der Waals surface area contributed by atoms with Crippen molar-refractivity contribution in [3.05, 3.63) is 42.5 Å². The van der Waals surface area contributed by atoms with E-state index in [-0.39, 0.29) is 11.0 Å². The van der Waals surface area contributed by atoms with E-state index in [0.717, 1.165) is 39.0 Å². The third kappa shape index (κ3) is 4.95. The number of pyridine rings is 1. The Kier molecular flexibility index (Phi) is 6.45. The minimum absolute atomic E-state index is 0.0904. The summed E-state index contributed by atoms with van der Waals surface area (Å²) in [5.41, 5.74) is 5.15. The molecule has 2 N–H and O–H groups in total. The van der Waals surface area contributed by atoms with Gasteiger partial charge in [0.25, 0.3) is 0 Å². The Hall–Kier alpha value is -1.59. The van der Waals surface area contributed by atoms with Crippen LogP contribution in [-0.2, 0) is 10.2 Å². The molecule has 1 saturated heterocycles. The second-order valence-electron chi connectivity index (χ2n) is 9.78. The minimum Gasteiger partial charge on any atom is -0.385 e. The van der Waals surface area contributed by atoms with Crippen LogP contribution in [0.2, 0.25) is 0 Å². The maximum Gasteiger partial charge on any atom is 0.0691 e. The number of nitrogens with one attached hydrogen (secondary N) is 2. The van der Waals surface area contributed by atoms with Crippen molar-refractivity contribution in [3.63, 3.8) is 0 Å². The van der Waals surface area contributed by atoms with Gasteiger partial charge in [-0.15, -0.1) is 0 Å². The summed E-state index contributed by atoms with van der Waals surface area (Å²) in [5.74, 6) is 0.707. The average molecular weight is 399 g/mol. The van der Waals surface area contributed by atoms with Gasteiger partial charge in [-0.3, -0.25) is 4.98 Å². The Morgan fingerprint density at radius 1 is 1.28 bits per heavy atom. The van der Waals surface area contributed by atoms with Crippen molar-refractivity contribution in [1.29, 1.82) is 0 Å². The number of rotatable bonds is 7. The van der Waals surface area contributed by atoms with Crippen molar-refractivity contribution in [1.82, 2.24) is 20.7 Å². The minimum atomic E-state index is 0.0904. The zero-order valence-corrected chi connectivity index (χ0v) is 18.2. The number of aromatic nitrogens is 1. The predicted molar refractivity (Wildman–Crippen MR) is 117 cm³/mol. The van der Waals surface area contributed by atoms with E-state index in [2.05, 4.69) is 54.1 Å². The van der Waals surface area contributed by atoms with Crippen molar-refractivity contribution in [3.8, 4) is 0 Å². The molecule has 1 aliphatic carbocycles. The highest BCUT2D eigenvalue weighted by Crippen LogP contribution is 2.49. The summed E-state index contributed by atoms with van der Waals surface area (Å²) in [4.78, 5) is 4.82. The average Bonchev–Trinajstić information content (AvgIpc) is 3.16. The molecule has 0 bridgehead atoms. The second-order valence-corrected chi connectivity index (χ2v) is 9.78. The van der Waals surface area contributed by atoms with Gasteiger partial charge in [-0.25, -0.2) is 5.43 Å². The summed E-state index contributed by atoms with van der Waals surface area (Å²) in [6.45, 7) is 7.42. The molecule has 5 heteroatoms. The van der Waals surface area contributed by atoms with Gasteiger partial charge < -0.3 is 15.1 Å². The summed E-state index contributed by atoms with van der Waals surface area (Å²) in [6, 6.07) is 6.92. The first-order valence-electron chi connectivity index (χ1n) is 11.6. The van der Waals surface area contributed by atoms with E-state index >= 15 is 0 Å². The van der Waals surface area contributed by atoms with Crippen LogP contribution in [-0.4, -0.2) is 41.3 Å². The molecule has 4 rings (SSSR count). The van der Waals surface area contributed by atoms with Gasteiger partial charge in [0, 0.05) is 48.9 Å². The predicted octanol–water partition coefficient (Wildman–Crippen LogP) is 4.13. The fourth-order valence-electron chi connectivity index (χ4n) is 5.68. The van der Waals surface area contributed by atoms with Gasteiger partial charge in [-0.05, 0) is 56.6 Å². The van der Waals surface area contributed by atoms with Crippen molar-refractivity contribution < 1.29 is 4.74 Å². The SMILES string of the molecule is CC(C)C[C@H]1CN(NCCC2(c3ccccn3)CCOC3(CCCC3)C2)C=CN1. The van der Waals surface area contributed by atoms with Gasteiger partial charge >= 0.3 is 0 Å². The number of nitrogens with zero attached hydrogens (tertiary/aromatic N) is 2. The molecule has 2 aliphatic heterocycles. The second kappa shape index (κ2) is 9.05. The molecule has 1 aromatic rings. The molecule has 1 unspecified atom stereocenters. The lowest BCUT2D eigenvalue weighted by Gasteiger charge is -2.46. The van der Waals surface area contributed by atoms with Crippen LogP contribution < -0.4 is 10.7 Å². The molecule has 2 atom stereocenters. The van der Waals surface area contributed by atoms with Crippen molar-refractivity contribution in [2.45, 2.75) is 82.3 Å². The van der Waals surface area contributed by atoms with Gasteiger partial charge in [-0.1, -0.05) is 32.8 Å². The summed E-state index contributed by atoms with van der Waals surface area (Å²) in [7, 11) is 0. The summed E-state index contributed by atoms with van der Waals surface area (Å²) in [6.07, 6.45) is 15.7. The molecule has 2 fully saturated rings. The van der Waals surface area contributed by atoms with Crippen LogP contribution in [0, 0.1) is 5.92 Å². The molecular formula is C24H38N4O. The topological polar surface area (TPSA) is 49.4 Å². The Morgan fingerprint density at radius 3 is 2.90 bits per heavy atom. The fourth-order valence-corrected chi connectivity index (χ4v) is 5.68. The first kappa shape index (κ1) is 20.7. The number of hydrogen-bond acceptors (Lipinski definition) is 5. The highest BCUT2D eigenvalue weighted by Gasteiger charge is 2.48. The van der Waals surface area contributed by atoms with E-state index in [0.29, 0.717) is 12.0 Å². The van der Waals surface area contributed by atoms with Crippen molar-refractivity contribution >= 4 is 0 Å². The summed E-state index contributed by atoms with van der Waals surface area (Å²) >= 11 is 0. The normalized spacial score (nSPS) is 28.8. The van der Waals surface area contributed by atoms with Crippen LogP contribution in [0.3, 0.4) is 0 Å². The highest BCUT2D eigenvalue weighted by atomic mass is 16.5. The monoisotopic (exact) mass is 398 g/mol. The molecule has 0 aromatic carbocycles. The lowest BCUT2D eigenvalue weighted by molar-refractivity contribution is -0.104. The molecule has 0 amide bonds. The Morgan fingerprint density at radius 2 is 2.14 bits per heavy atom. The molecule has 3 heterocycles. The molecular weight excluding hydrogens is 360 g/mol. The van der Waals surface area contributed by atoms with Gasteiger partial charge in [0.15, 0.2) is 0 Å². The number of hydrazine groups is 1. The zero-order valence-electron chi connectivity index (χ0n) is 18.2. The molecule has 1 aromatic heterocycles. The van der Waals surface area contributed by atoms with E-state index in [9.17, 15) is 0 Å². The Bertz CT molecular complexity index is 671. The molecule has 29 heavy (non-hydrogen) atoms. The Labute approximate surface area is 176 Å². The van der Waals surface area contributed by atoms with Crippen LogP contribution in [0.5, 0.6) is 0 Å². The Balaban J connectivity index is 1.42. The fraction of sp³-hybridized carbons (Fsp3) is 0.708. The molecule has 0 radical (unpaired) electrons. The van der Waals surface area contributed by atoms with Crippen LogP contribution >= 0.6 is 0 Å². The van der Waals surface area contributed by atoms with Crippen LogP contribution in [0.15, 0.2) is 36.8 Å². The zero-order chi connectivity index (χ0) is 20.2. The molecule has 1 saturated carbocycles. The third-order valence-electron chi connectivity index (χ3n) is 7.05. The smallest absolute Gasteiger partial charge is 0.0691 e. The number of hydrogen-bond donors (Lipinski definition) is 2. The van der Waals surface area contributed by atoms with E-state index in [4.69, 9.17) is 9.72 Å². The lowest BCUT2D eigenvalue weighted by atomic mass is 9.68. The van der Waals surface area contributed by atoms with E-state index in [1.54, 1.807) is 0 Å². The maximum atomic E-state index is 6.37. The van der Waals surface area contributed by atoms with Crippen LogP contribution in [0.4, 0.5) is 0 Å². The summed E-state index contributed by atoms with van der Waals surface area (Å²) in [5, 5.41) is 5.76. The van der Waals surface area contributed by atoms with Gasteiger partial charge in [0.2, 0.25) is 0 Å². The quantitative estimate of drug-likeness (QED) is 0.723. The highest BCUT2D eigenvalue weighted by molar-refractivity contribution is 5.20. The van der Waals surface area contributed by atoms with E-state index in [1.807, 2.05) is 12.3 Å². The standard InChI is InChI=1S/C24H38N4O/c1-20(2)17-21-18-28(15-14-25-21)27-13-10-23(22-7-3-6-12-26-22)11-16-29-24(19-23)8-4-5-9-24/h3,6-7,12,14-15,20-21,25,27H,4-5,8-11,13,16-19H2,1-2H3/t21-,23?/m0/s1. The van der Waals surface area contributed by atoms with Crippen LogP contribution in [0.1, 0.15) is 70.9 Å². The van der Waals surface area contributed by atoms with Crippen molar-refractivity contribution in [2.24, 2.45) is 5.92 Å². The first-order chi connectivity index (χ1) is 14.1. The molecule has 1 spiro atoms. The van der Waals surface area contributed by atoms with E-state index < -0.39 is 0 Å². The van der Waals surface area contributed by atoms with E-state index in [1.165, 1.54) is 37.8 Å². The number of ether oxygens (including phenoxy) is 1. The summed E-state index contributed by atoms with van der Waals surface area (Å²) < 4.78 is 6.37. The van der Waals surface area contributed by atoms with Crippen LogP contribution in [0.25, 0.3) is 0 Å². The van der Waals surface area contributed by atoms with Gasteiger partial charge in [0.05, 0.1) is 12.1 Å². The molecule has 3 aliphatic rings.